The number of nitrogens with zero attached hydrogens (tertiary/aromatic N) is 2. The van der Waals surface area contributed by atoms with Crippen LogP contribution in [0.5, 0.6) is 11.5 Å². The molecule has 0 radical (unpaired) electrons. The summed E-state index contributed by atoms with van der Waals surface area (Å²) in [6.45, 7) is 0. The number of benzene rings is 1. The van der Waals surface area contributed by atoms with Gasteiger partial charge in [-0.3, -0.25) is 0 Å². The van der Waals surface area contributed by atoms with E-state index in [1.54, 1.807) is 6.20 Å². The van der Waals surface area contributed by atoms with Crippen molar-refractivity contribution < 1.29 is 9.47 Å². The molecule has 0 fully saturated rings. The lowest BCUT2D eigenvalue weighted by Crippen LogP contribution is -1.97. The molecule has 3 rings (SSSR count). The van der Waals surface area contributed by atoms with Crippen LogP contribution in [0.1, 0.15) is 0 Å². The maximum Gasteiger partial charge on any atom is 0.180 e. The van der Waals surface area contributed by atoms with Gasteiger partial charge in [-0.25, -0.2) is 9.97 Å². The van der Waals surface area contributed by atoms with Crippen LogP contribution >= 0.6 is 0 Å². The second-order valence-electron chi connectivity index (χ2n) is 2.86. The first-order valence-corrected chi connectivity index (χ1v) is 4.16. The Morgan fingerprint density at radius 2 is 2.00 bits per heavy atom. The molecule has 4 heteroatoms. The van der Waals surface area contributed by atoms with Crippen LogP contribution in [0.4, 0.5) is 0 Å². The summed E-state index contributed by atoms with van der Waals surface area (Å²) in [5, 5.41) is 0.856. The first-order valence-electron chi connectivity index (χ1n) is 4.16. The van der Waals surface area contributed by atoms with E-state index in [0.29, 0.717) is 11.5 Å². The summed E-state index contributed by atoms with van der Waals surface area (Å²) in [7, 11) is 0. The lowest BCUT2D eigenvalue weighted by atomic mass is 10.2. The van der Waals surface area contributed by atoms with E-state index in [1.807, 2.05) is 12.1 Å². The number of hydrogen-bond acceptors (Lipinski definition) is 4. The highest BCUT2D eigenvalue weighted by Gasteiger charge is 2.12. The first kappa shape index (κ1) is 7.32. The van der Waals surface area contributed by atoms with Crippen LogP contribution in [-0.2, 0) is 0 Å². The smallest absolute Gasteiger partial charge is 0.180 e. The standard InChI is InChI=1S/C10H6N2O2/c1-2-9-10(14-4-3-13-9)7-5-11-6-12-8(1)7/h1-6H. The van der Waals surface area contributed by atoms with Crippen molar-refractivity contribution >= 4 is 10.9 Å². The average molecular weight is 186 g/mol. The van der Waals surface area contributed by atoms with Crippen molar-refractivity contribution in [1.82, 2.24) is 9.97 Å². The molecule has 0 spiro atoms. The molecule has 1 aliphatic heterocycles. The van der Waals surface area contributed by atoms with E-state index in [-0.39, 0.29) is 0 Å². The molecule has 0 unspecified atom stereocenters. The second-order valence-corrected chi connectivity index (χ2v) is 2.86. The van der Waals surface area contributed by atoms with Crippen molar-refractivity contribution in [3.05, 3.63) is 37.2 Å². The zero-order valence-electron chi connectivity index (χ0n) is 7.18. The number of ether oxygens (including phenoxy) is 2. The molecule has 2 heterocycles. The fourth-order valence-electron chi connectivity index (χ4n) is 1.42. The van der Waals surface area contributed by atoms with Gasteiger partial charge in [0.2, 0.25) is 0 Å². The molecule has 1 aromatic carbocycles. The SMILES string of the molecule is C1=COc2c(ccc3ncncc23)O1. The van der Waals surface area contributed by atoms with Crippen LogP contribution < -0.4 is 9.47 Å². The normalized spacial score (nSPS) is 13.1. The lowest BCUT2D eigenvalue weighted by molar-refractivity contribution is 0.365. The predicted molar refractivity (Wildman–Crippen MR) is 49.9 cm³/mol. The van der Waals surface area contributed by atoms with Gasteiger partial charge in [0.05, 0.1) is 10.9 Å². The zero-order chi connectivity index (χ0) is 9.38. The lowest BCUT2D eigenvalue weighted by Gasteiger charge is -2.13. The fraction of sp³-hybridized carbons (Fsp3) is 0. The summed E-state index contributed by atoms with van der Waals surface area (Å²) in [6, 6.07) is 3.70. The van der Waals surface area contributed by atoms with Crippen LogP contribution in [0.25, 0.3) is 10.9 Å². The molecule has 0 saturated carbocycles. The van der Waals surface area contributed by atoms with E-state index in [4.69, 9.17) is 9.47 Å². The number of aromatic nitrogens is 2. The third kappa shape index (κ3) is 0.939. The minimum atomic E-state index is 0.672. The van der Waals surface area contributed by atoms with Crippen LogP contribution in [0, 0.1) is 0 Å². The molecule has 1 aliphatic rings. The predicted octanol–water partition coefficient (Wildman–Crippen LogP) is 1.87. The minimum Gasteiger partial charge on any atom is -0.458 e. The van der Waals surface area contributed by atoms with Gasteiger partial charge < -0.3 is 9.47 Å². The van der Waals surface area contributed by atoms with E-state index in [2.05, 4.69) is 9.97 Å². The van der Waals surface area contributed by atoms with E-state index in [9.17, 15) is 0 Å². The molecule has 4 nitrogen and oxygen atoms in total. The number of fused-ring (bicyclic) bond motifs is 3. The van der Waals surface area contributed by atoms with E-state index in [1.165, 1.54) is 18.9 Å². The molecule has 0 N–H and O–H groups in total. The van der Waals surface area contributed by atoms with Gasteiger partial charge in [-0.15, -0.1) is 0 Å². The van der Waals surface area contributed by atoms with Crippen LogP contribution in [0.2, 0.25) is 0 Å². The summed E-state index contributed by atoms with van der Waals surface area (Å²) in [6.07, 6.45) is 6.21. The Bertz CT molecular complexity index is 523. The quantitative estimate of drug-likeness (QED) is 0.630. The van der Waals surface area contributed by atoms with Crippen molar-refractivity contribution in [3.63, 3.8) is 0 Å². The Morgan fingerprint density at radius 3 is 3.00 bits per heavy atom. The third-order valence-electron chi connectivity index (χ3n) is 2.04. The minimum absolute atomic E-state index is 0.672. The molecule has 2 aromatic rings. The van der Waals surface area contributed by atoms with Crippen LogP contribution in [-0.4, -0.2) is 9.97 Å². The van der Waals surface area contributed by atoms with Gasteiger partial charge >= 0.3 is 0 Å². The van der Waals surface area contributed by atoms with Crippen molar-refractivity contribution in [2.45, 2.75) is 0 Å². The highest BCUT2D eigenvalue weighted by atomic mass is 16.5. The summed E-state index contributed by atoms with van der Waals surface area (Å²) in [4.78, 5) is 8.07. The topological polar surface area (TPSA) is 44.2 Å². The molecule has 0 saturated heterocycles. The second kappa shape index (κ2) is 2.70. The highest BCUT2D eigenvalue weighted by Crippen LogP contribution is 2.36. The molecule has 68 valence electrons. The summed E-state index contributed by atoms with van der Waals surface area (Å²) < 4.78 is 10.6. The molecular formula is C10H6N2O2. The highest BCUT2D eigenvalue weighted by molar-refractivity contribution is 5.87. The average Bonchev–Trinajstić information content (AvgIpc) is 2.29. The molecule has 14 heavy (non-hydrogen) atoms. The molecule has 1 aromatic heterocycles. The summed E-state index contributed by atoms with van der Waals surface area (Å²) >= 11 is 0. The fourth-order valence-corrected chi connectivity index (χ4v) is 1.42. The van der Waals surface area contributed by atoms with Crippen LogP contribution in [0.15, 0.2) is 37.2 Å². The van der Waals surface area contributed by atoms with Gasteiger partial charge in [0.1, 0.15) is 18.9 Å². The van der Waals surface area contributed by atoms with Crippen molar-refractivity contribution in [3.8, 4) is 11.5 Å². The Hall–Kier alpha value is -2.10. The maximum atomic E-state index is 5.35. The van der Waals surface area contributed by atoms with Gasteiger partial charge in [-0.05, 0) is 12.1 Å². The summed E-state index contributed by atoms with van der Waals surface area (Å²) in [5.74, 6) is 1.36. The maximum absolute atomic E-state index is 5.35. The molecule has 0 atom stereocenters. The van der Waals surface area contributed by atoms with Crippen molar-refractivity contribution in [1.29, 1.82) is 0 Å². The van der Waals surface area contributed by atoms with Crippen LogP contribution in [0.3, 0.4) is 0 Å². The molecular weight excluding hydrogens is 180 g/mol. The number of hydrogen-bond donors (Lipinski definition) is 0. The Labute approximate surface area is 79.8 Å². The largest absolute Gasteiger partial charge is 0.458 e. The van der Waals surface area contributed by atoms with Gasteiger partial charge in [-0.2, -0.15) is 0 Å². The van der Waals surface area contributed by atoms with Crippen molar-refractivity contribution in [2.75, 3.05) is 0 Å². The number of rotatable bonds is 0. The van der Waals surface area contributed by atoms with Crippen molar-refractivity contribution in [2.24, 2.45) is 0 Å². The van der Waals surface area contributed by atoms with Gasteiger partial charge in [0.15, 0.2) is 11.5 Å². The molecule has 0 bridgehead atoms. The Kier molecular flexibility index (Phi) is 1.41. The Morgan fingerprint density at radius 1 is 1.07 bits per heavy atom. The zero-order valence-corrected chi connectivity index (χ0v) is 7.18. The molecule has 0 aliphatic carbocycles. The first-order chi connectivity index (χ1) is 6.95. The van der Waals surface area contributed by atoms with Gasteiger partial charge in [0, 0.05) is 6.20 Å². The Balaban J connectivity index is 2.37. The van der Waals surface area contributed by atoms with E-state index in [0.717, 1.165) is 10.9 Å². The van der Waals surface area contributed by atoms with Gasteiger partial charge in [-0.1, -0.05) is 0 Å². The van der Waals surface area contributed by atoms with Gasteiger partial charge in [0.25, 0.3) is 0 Å². The monoisotopic (exact) mass is 186 g/mol. The van der Waals surface area contributed by atoms with E-state index >= 15 is 0 Å². The third-order valence-corrected chi connectivity index (χ3v) is 2.04. The summed E-state index contributed by atoms with van der Waals surface area (Å²) in [5.41, 5.74) is 0.845. The van der Waals surface area contributed by atoms with E-state index < -0.39 is 0 Å². The molecule has 0 amide bonds.